The van der Waals surface area contributed by atoms with Crippen LogP contribution in [-0.2, 0) is 9.84 Å². The first-order valence-electron chi connectivity index (χ1n) is 9.48. The van der Waals surface area contributed by atoms with Crippen molar-refractivity contribution in [3.05, 3.63) is 24.3 Å². The molecule has 1 saturated heterocycles. The van der Waals surface area contributed by atoms with Crippen molar-refractivity contribution in [3.63, 3.8) is 0 Å². The molecule has 166 valence electrons. The van der Waals surface area contributed by atoms with Crippen molar-refractivity contribution in [2.24, 2.45) is 5.92 Å². The van der Waals surface area contributed by atoms with E-state index in [2.05, 4.69) is 0 Å². The van der Waals surface area contributed by atoms with E-state index >= 15 is 0 Å². The van der Waals surface area contributed by atoms with Gasteiger partial charge in [0.15, 0.2) is 9.84 Å². The molecule has 0 spiro atoms. The van der Waals surface area contributed by atoms with E-state index in [0.29, 0.717) is 31.1 Å². The van der Waals surface area contributed by atoms with Gasteiger partial charge in [-0.3, -0.25) is 4.90 Å². The maximum absolute atomic E-state index is 13.1. The quantitative estimate of drug-likeness (QED) is 0.415. The lowest BCUT2D eigenvalue weighted by Gasteiger charge is -2.34. The molecule has 1 aromatic carbocycles. The molecule has 0 saturated carbocycles. The predicted octanol–water partition coefficient (Wildman–Crippen LogP) is 4.55. The zero-order chi connectivity index (χ0) is 21.7. The number of nitrogens with zero attached hydrogens (tertiary/aromatic N) is 1. The van der Waals surface area contributed by atoms with Crippen LogP contribution < -0.4 is 4.74 Å². The third kappa shape index (κ3) is 7.40. The number of likely N-dealkylation sites (tertiary alicyclic amines) is 1. The highest BCUT2D eigenvalue weighted by Gasteiger charge is 2.58. The second-order valence-corrected chi connectivity index (χ2v) is 9.53. The summed E-state index contributed by atoms with van der Waals surface area (Å²) in [5.74, 6) is -3.77. The molecular formula is C19H26F5NO3S. The van der Waals surface area contributed by atoms with E-state index in [1.54, 1.807) is 12.1 Å². The Labute approximate surface area is 167 Å². The third-order valence-electron chi connectivity index (χ3n) is 5.07. The van der Waals surface area contributed by atoms with Crippen LogP contribution in [0.25, 0.3) is 0 Å². The van der Waals surface area contributed by atoms with E-state index < -0.39 is 28.5 Å². The summed E-state index contributed by atoms with van der Waals surface area (Å²) in [6, 6.07) is 6.17. The lowest BCUT2D eigenvalue weighted by atomic mass is 9.91. The van der Waals surface area contributed by atoms with Crippen LogP contribution in [0.1, 0.15) is 32.1 Å². The van der Waals surface area contributed by atoms with Crippen LogP contribution in [0.15, 0.2) is 29.2 Å². The Morgan fingerprint density at radius 1 is 1.03 bits per heavy atom. The smallest absolute Gasteiger partial charge is 0.454 e. The van der Waals surface area contributed by atoms with E-state index in [-0.39, 0.29) is 18.0 Å². The van der Waals surface area contributed by atoms with E-state index in [4.69, 9.17) is 4.74 Å². The van der Waals surface area contributed by atoms with Gasteiger partial charge in [-0.15, -0.1) is 0 Å². The van der Waals surface area contributed by atoms with E-state index in [0.717, 1.165) is 25.5 Å². The van der Waals surface area contributed by atoms with Crippen LogP contribution in [0.2, 0.25) is 0 Å². The summed E-state index contributed by atoms with van der Waals surface area (Å²) >= 11 is 0. The molecule has 10 heteroatoms. The minimum absolute atomic E-state index is 0.226. The van der Waals surface area contributed by atoms with Gasteiger partial charge in [-0.1, -0.05) is 6.42 Å². The molecular weight excluding hydrogens is 417 g/mol. The van der Waals surface area contributed by atoms with E-state index in [1.165, 1.54) is 17.0 Å². The standard InChI is InChI=1S/C19H26F5NO3S/c1-29(26,27)17-7-5-16(6-8-17)28-13-3-2-4-15-9-11-25(12-10-15)14-18(20,21)19(22,23)24/h5-8,15H,2-4,9-14H2,1H3. The third-order valence-corrected chi connectivity index (χ3v) is 6.20. The van der Waals surface area contributed by atoms with Gasteiger partial charge in [0.05, 0.1) is 18.0 Å². The lowest BCUT2D eigenvalue weighted by molar-refractivity contribution is -0.287. The second-order valence-electron chi connectivity index (χ2n) is 7.51. The molecule has 1 aliphatic rings. The molecule has 1 heterocycles. The summed E-state index contributed by atoms with van der Waals surface area (Å²) in [7, 11) is -3.24. The fraction of sp³-hybridized carbons (Fsp3) is 0.684. The fourth-order valence-electron chi connectivity index (χ4n) is 3.31. The molecule has 0 amide bonds. The Hall–Kier alpha value is -1.42. The van der Waals surface area contributed by atoms with Gasteiger partial charge < -0.3 is 4.74 Å². The highest BCUT2D eigenvalue weighted by molar-refractivity contribution is 7.90. The Morgan fingerprint density at radius 3 is 2.14 bits per heavy atom. The number of piperidine rings is 1. The second kappa shape index (κ2) is 9.59. The van der Waals surface area contributed by atoms with Gasteiger partial charge >= 0.3 is 12.1 Å². The topological polar surface area (TPSA) is 46.6 Å². The minimum Gasteiger partial charge on any atom is -0.494 e. The van der Waals surface area contributed by atoms with Crippen molar-refractivity contribution in [3.8, 4) is 5.75 Å². The summed E-state index contributed by atoms with van der Waals surface area (Å²) in [6.45, 7) is -0.302. The molecule has 1 fully saturated rings. The first-order valence-corrected chi connectivity index (χ1v) is 11.4. The molecule has 2 rings (SSSR count). The van der Waals surface area contributed by atoms with Gasteiger partial charge in [0.1, 0.15) is 5.75 Å². The summed E-state index contributed by atoms with van der Waals surface area (Å²) < 4.78 is 91.4. The Morgan fingerprint density at radius 2 is 1.62 bits per heavy atom. The van der Waals surface area contributed by atoms with Gasteiger partial charge in [0.2, 0.25) is 0 Å². The molecule has 0 N–H and O–H groups in total. The number of hydrogen-bond acceptors (Lipinski definition) is 4. The number of ether oxygens (including phenoxy) is 1. The van der Waals surface area contributed by atoms with Crippen LogP contribution in [0.3, 0.4) is 0 Å². The number of rotatable bonds is 9. The first kappa shape index (κ1) is 23.9. The zero-order valence-electron chi connectivity index (χ0n) is 16.2. The average molecular weight is 443 g/mol. The summed E-state index contributed by atoms with van der Waals surface area (Å²) in [5, 5.41) is 0. The summed E-state index contributed by atoms with van der Waals surface area (Å²) in [6.07, 6.45) is -0.626. The van der Waals surface area contributed by atoms with E-state index in [1.807, 2.05) is 0 Å². The maximum Gasteiger partial charge on any atom is 0.454 e. The largest absolute Gasteiger partial charge is 0.494 e. The van der Waals surface area contributed by atoms with Gasteiger partial charge in [0.25, 0.3) is 0 Å². The lowest BCUT2D eigenvalue weighted by Crippen LogP contribution is -2.49. The number of hydrogen-bond donors (Lipinski definition) is 0. The Balaban J connectivity index is 1.61. The minimum atomic E-state index is -5.50. The van der Waals surface area contributed by atoms with Crippen molar-refractivity contribution in [2.75, 3.05) is 32.5 Å². The molecule has 1 aliphatic heterocycles. The molecule has 4 nitrogen and oxygen atoms in total. The van der Waals surface area contributed by atoms with Crippen molar-refractivity contribution < 1.29 is 35.1 Å². The Bertz CT molecular complexity index is 742. The van der Waals surface area contributed by atoms with Crippen LogP contribution in [0.5, 0.6) is 5.75 Å². The van der Waals surface area contributed by atoms with Gasteiger partial charge in [-0.05, 0) is 69.0 Å². The van der Waals surface area contributed by atoms with Crippen LogP contribution in [0.4, 0.5) is 22.0 Å². The van der Waals surface area contributed by atoms with Crippen LogP contribution in [0, 0.1) is 5.92 Å². The van der Waals surface area contributed by atoms with E-state index in [9.17, 15) is 30.4 Å². The van der Waals surface area contributed by atoms with Gasteiger partial charge in [-0.2, -0.15) is 22.0 Å². The van der Waals surface area contributed by atoms with Crippen molar-refractivity contribution in [1.82, 2.24) is 4.90 Å². The van der Waals surface area contributed by atoms with Gasteiger partial charge in [0, 0.05) is 6.26 Å². The molecule has 0 atom stereocenters. The van der Waals surface area contributed by atoms with Crippen LogP contribution in [-0.4, -0.2) is 57.9 Å². The molecule has 0 radical (unpaired) electrons. The highest BCUT2D eigenvalue weighted by Crippen LogP contribution is 2.37. The Kier molecular flexibility index (Phi) is 7.89. The number of sulfone groups is 1. The van der Waals surface area contributed by atoms with Crippen molar-refractivity contribution >= 4 is 9.84 Å². The van der Waals surface area contributed by atoms with Crippen molar-refractivity contribution in [2.45, 2.75) is 49.1 Å². The zero-order valence-corrected chi connectivity index (χ0v) is 17.0. The monoisotopic (exact) mass is 443 g/mol. The molecule has 0 unspecified atom stereocenters. The summed E-state index contributed by atoms with van der Waals surface area (Å²) in [4.78, 5) is 1.41. The molecule has 0 aromatic heterocycles. The molecule has 29 heavy (non-hydrogen) atoms. The fourth-order valence-corrected chi connectivity index (χ4v) is 3.94. The molecule has 0 bridgehead atoms. The first-order chi connectivity index (χ1) is 13.4. The van der Waals surface area contributed by atoms with Crippen LogP contribution >= 0.6 is 0 Å². The highest BCUT2D eigenvalue weighted by atomic mass is 32.2. The number of benzene rings is 1. The summed E-state index contributed by atoms with van der Waals surface area (Å²) in [5.41, 5.74) is 0. The predicted molar refractivity (Wildman–Crippen MR) is 99.1 cm³/mol. The number of halogens is 5. The molecule has 1 aromatic rings. The van der Waals surface area contributed by atoms with Gasteiger partial charge in [-0.25, -0.2) is 8.42 Å². The number of unbranched alkanes of at least 4 members (excludes halogenated alkanes) is 1. The molecule has 0 aliphatic carbocycles. The van der Waals surface area contributed by atoms with Crippen molar-refractivity contribution in [1.29, 1.82) is 0 Å². The maximum atomic E-state index is 13.1. The normalized spacial score (nSPS) is 17.4. The average Bonchev–Trinajstić information content (AvgIpc) is 2.61. The SMILES string of the molecule is CS(=O)(=O)c1ccc(OCCCCC2CCN(CC(F)(F)C(F)(F)F)CC2)cc1. The number of alkyl halides is 5.